The maximum Gasteiger partial charge on any atom is 0.445 e. The van der Waals surface area contributed by atoms with Crippen molar-refractivity contribution in [2.75, 3.05) is 0 Å². The first-order valence-electron chi connectivity index (χ1n) is 5.37. The van der Waals surface area contributed by atoms with Gasteiger partial charge in [-0.2, -0.15) is 8.42 Å². The molecule has 0 atom stereocenters. The van der Waals surface area contributed by atoms with Crippen molar-refractivity contribution < 1.29 is 17.2 Å². The van der Waals surface area contributed by atoms with Gasteiger partial charge in [0.25, 0.3) is 0 Å². The van der Waals surface area contributed by atoms with E-state index in [-0.39, 0.29) is 0 Å². The van der Waals surface area contributed by atoms with Gasteiger partial charge in [-0.1, -0.05) is 39.0 Å². The molecule has 0 heterocycles. The standard InChI is InChI=1S/C10H20O4S/c1-2-3-4-5-6-7-8-9-10-14-15(11,12)13/h9-10H,2-8H2,1H3,(H,11,12,13)/b10-9+. The molecule has 4 nitrogen and oxygen atoms in total. The lowest BCUT2D eigenvalue weighted by Crippen LogP contribution is -1.96. The van der Waals surface area contributed by atoms with E-state index in [1.165, 1.54) is 25.7 Å². The minimum Gasteiger partial charge on any atom is -0.370 e. The lowest BCUT2D eigenvalue weighted by molar-refractivity contribution is 0.355. The van der Waals surface area contributed by atoms with E-state index < -0.39 is 10.4 Å². The molecule has 5 heteroatoms. The second kappa shape index (κ2) is 8.73. The number of rotatable bonds is 9. The fraction of sp³-hybridized carbons (Fsp3) is 0.800. The Bertz CT molecular complexity index is 257. The largest absolute Gasteiger partial charge is 0.445 e. The molecule has 0 aromatic carbocycles. The molecule has 0 saturated carbocycles. The van der Waals surface area contributed by atoms with Crippen LogP contribution in [0.5, 0.6) is 0 Å². The third kappa shape index (κ3) is 13.4. The van der Waals surface area contributed by atoms with Gasteiger partial charge >= 0.3 is 10.4 Å². The van der Waals surface area contributed by atoms with Crippen LogP contribution >= 0.6 is 0 Å². The van der Waals surface area contributed by atoms with Crippen LogP contribution in [0.15, 0.2) is 12.3 Å². The SMILES string of the molecule is CCCCCCCC/C=C/OS(=O)(=O)O. The first kappa shape index (κ1) is 14.5. The van der Waals surface area contributed by atoms with E-state index in [2.05, 4.69) is 11.1 Å². The van der Waals surface area contributed by atoms with Crippen molar-refractivity contribution >= 4 is 10.4 Å². The number of hydrogen-bond acceptors (Lipinski definition) is 3. The summed E-state index contributed by atoms with van der Waals surface area (Å²) in [6.45, 7) is 2.18. The van der Waals surface area contributed by atoms with Crippen molar-refractivity contribution in [3.8, 4) is 0 Å². The number of unbranched alkanes of at least 4 members (excludes halogenated alkanes) is 6. The molecule has 0 fully saturated rings. The summed E-state index contributed by atoms with van der Waals surface area (Å²) in [4.78, 5) is 0. The van der Waals surface area contributed by atoms with Gasteiger partial charge in [-0.3, -0.25) is 4.55 Å². The van der Waals surface area contributed by atoms with Crippen molar-refractivity contribution in [3.63, 3.8) is 0 Å². The molecular weight excluding hydrogens is 216 g/mol. The highest BCUT2D eigenvalue weighted by Crippen LogP contribution is 2.07. The van der Waals surface area contributed by atoms with Crippen molar-refractivity contribution in [2.45, 2.75) is 51.9 Å². The smallest absolute Gasteiger partial charge is 0.370 e. The van der Waals surface area contributed by atoms with Gasteiger partial charge in [0, 0.05) is 0 Å². The van der Waals surface area contributed by atoms with Crippen LogP contribution in [0.3, 0.4) is 0 Å². The molecule has 0 radical (unpaired) electrons. The van der Waals surface area contributed by atoms with E-state index in [9.17, 15) is 8.42 Å². The zero-order chi connectivity index (χ0) is 11.6. The highest BCUT2D eigenvalue weighted by Gasteiger charge is 1.98. The molecule has 1 N–H and O–H groups in total. The molecule has 0 aliphatic heterocycles. The molecule has 0 spiro atoms. The van der Waals surface area contributed by atoms with Crippen LogP contribution in [0.1, 0.15) is 51.9 Å². The predicted octanol–water partition coefficient (Wildman–Crippen LogP) is 3.07. The summed E-state index contributed by atoms with van der Waals surface area (Å²) in [5, 5.41) is 0. The second-order valence-electron chi connectivity index (χ2n) is 3.45. The summed E-state index contributed by atoms with van der Waals surface area (Å²) in [6.07, 6.45) is 10.6. The number of allylic oxidation sites excluding steroid dienone is 1. The summed E-state index contributed by atoms with van der Waals surface area (Å²) in [5.74, 6) is 0. The lowest BCUT2D eigenvalue weighted by atomic mass is 10.1. The first-order chi connectivity index (χ1) is 7.06. The van der Waals surface area contributed by atoms with Crippen LogP contribution in [0, 0.1) is 0 Å². The summed E-state index contributed by atoms with van der Waals surface area (Å²) in [6, 6.07) is 0. The van der Waals surface area contributed by atoms with Gasteiger partial charge in [-0.15, -0.1) is 0 Å². The highest BCUT2D eigenvalue weighted by molar-refractivity contribution is 7.81. The van der Waals surface area contributed by atoms with Crippen LogP contribution in [0.2, 0.25) is 0 Å². The van der Waals surface area contributed by atoms with E-state index in [1.54, 1.807) is 6.08 Å². The van der Waals surface area contributed by atoms with Gasteiger partial charge in [-0.25, -0.2) is 0 Å². The Labute approximate surface area is 92.3 Å². The van der Waals surface area contributed by atoms with Crippen LogP contribution < -0.4 is 0 Å². The quantitative estimate of drug-likeness (QED) is 0.379. The first-order valence-corrected chi connectivity index (χ1v) is 6.73. The van der Waals surface area contributed by atoms with Crippen molar-refractivity contribution in [3.05, 3.63) is 12.3 Å². The Morgan fingerprint density at radius 2 is 1.73 bits per heavy atom. The van der Waals surface area contributed by atoms with E-state index in [4.69, 9.17) is 4.55 Å². The Balaban J connectivity index is 3.24. The summed E-state index contributed by atoms with van der Waals surface area (Å²) < 4.78 is 32.5. The third-order valence-electron chi connectivity index (χ3n) is 2.00. The Kier molecular flexibility index (Phi) is 8.41. The summed E-state index contributed by atoms with van der Waals surface area (Å²) in [7, 11) is -4.32. The minimum absolute atomic E-state index is 0.779. The van der Waals surface area contributed by atoms with Crippen molar-refractivity contribution in [1.29, 1.82) is 0 Å². The van der Waals surface area contributed by atoms with Crippen molar-refractivity contribution in [1.82, 2.24) is 0 Å². The number of hydrogen-bond donors (Lipinski definition) is 1. The van der Waals surface area contributed by atoms with Crippen molar-refractivity contribution in [2.24, 2.45) is 0 Å². The molecule has 0 aliphatic rings. The molecule has 0 amide bonds. The summed E-state index contributed by atoms with van der Waals surface area (Å²) in [5.41, 5.74) is 0. The lowest BCUT2D eigenvalue weighted by Gasteiger charge is -1.97. The molecule has 0 bridgehead atoms. The summed E-state index contributed by atoms with van der Waals surface area (Å²) >= 11 is 0. The Hall–Kier alpha value is -0.550. The normalized spacial score (nSPS) is 12.1. The Morgan fingerprint density at radius 1 is 1.13 bits per heavy atom. The Morgan fingerprint density at radius 3 is 2.33 bits per heavy atom. The average molecular weight is 236 g/mol. The van der Waals surface area contributed by atoms with E-state index in [1.807, 2.05) is 0 Å². The highest BCUT2D eigenvalue weighted by atomic mass is 32.3. The van der Waals surface area contributed by atoms with Gasteiger partial charge in [0.2, 0.25) is 0 Å². The van der Waals surface area contributed by atoms with Gasteiger partial charge in [0.15, 0.2) is 0 Å². The topological polar surface area (TPSA) is 63.6 Å². The molecule has 90 valence electrons. The molecule has 0 aromatic rings. The van der Waals surface area contributed by atoms with Gasteiger partial charge in [0.05, 0.1) is 0 Å². The molecule has 15 heavy (non-hydrogen) atoms. The molecule has 0 aromatic heterocycles. The zero-order valence-corrected chi connectivity index (χ0v) is 10.0. The maximum atomic E-state index is 10.1. The van der Waals surface area contributed by atoms with E-state index in [0.717, 1.165) is 25.5 Å². The van der Waals surface area contributed by atoms with Crippen LogP contribution in [0.25, 0.3) is 0 Å². The molecule has 0 unspecified atom stereocenters. The fourth-order valence-electron chi connectivity index (χ4n) is 1.22. The van der Waals surface area contributed by atoms with Crippen LogP contribution in [-0.2, 0) is 14.6 Å². The molecule has 0 aliphatic carbocycles. The monoisotopic (exact) mass is 236 g/mol. The van der Waals surface area contributed by atoms with Gasteiger partial charge < -0.3 is 4.18 Å². The third-order valence-corrected chi connectivity index (χ3v) is 2.35. The molecule has 0 saturated heterocycles. The van der Waals surface area contributed by atoms with Gasteiger partial charge in [0.1, 0.15) is 6.26 Å². The van der Waals surface area contributed by atoms with E-state index >= 15 is 0 Å². The minimum atomic E-state index is -4.32. The van der Waals surface area contributed by atoms with Crippen LogP contribution in [0.4, 0.5) is 0 Å². The molecular formula is C10H20O4S. The predicted molar refractivity (Wildman–Crippen MR) is 59.8 cm³/mol. The van der Waals surface area contributed by atoms with Crippen LogP contribution in [-0.4, -0.2) is 13.0 Å². The van der Waals surface area contributed by atoms with Gasteiger partial charge in [-0.05, 0) is 18.9 Å². The second-order valence-corrected chi connectivity index (χ2v) is 4.50. The maximum absolute atomic E-state index is 10.1. The molecule has 0 rings (SSSR count). The fourth-order valence-corrected chi connectivity index (χ4v) is 1.44. The average Bonchev–Trinajstić information content (AvgIpc) is 2.14. The van der Waals surface area contributed by atoms with E-state index in [0.29, 0.717) is 0 Å². The zero-order valence-electron chi connectivity index (χ0n) is 9.18.